The van der Waals surface area contributed by atoms with E-state index in [0.29, 0.717) is 22.7 Å². The zero-order valence-electron chi connectivity index (χ0n) is 10.8. The van der Waals surface area contributed by atoms with Crippen LogP contribution in [0.15, 0.2) is 24.3 Å². The van der Waals surface area contributed by atoms with Gasteiger partial charge in [0, 0.05) is 11.1 Å². The molecule has 0 spiro atoms. The lowest BCUT2D eigenvalue weighted by atomic mass is 9.95. The highest BCUT2D eigenvalue weighted by molar-refractivity contribution is 6.30. The van der Waals surface area contributed by atoms with E-state index in [9.17, 15) is 4.79 Å². The van der Waals surface area contributed by atoms with Gasteiger partial charge in [0.25, 0.3) is 5.91 Å². The third-order valence-corrected chi connectivity index (χ3v) is 4.52. The Kier molecular flexibility index (Phi) is 3.65. The number of halogens is 1. The van der Waals surface area contributed by atoms with Crippen molar-refractivity contribution >= 4 is 17.5 Å². The van der Waals surface area contributed by atoms with Crippen molar-refractivity contribution in [3.63, 3.8) is 0 Å². The number of nitrogens with one attached hydrogen (secondary N) is 1. The van der Waals surface area contributed by atoms with Gasteiger partial charge < -0.3 is 10.1 Å². The summed E-state index contributed by atoms with van der Waals surface area (Å²) < 4.78 is 5.44. The van der Waals surface area contributed by atoms with Crippen molar-refractivity contribution in [2.45, 2.75) is 31.7 Å². The first-order valence-corrected chi connectivity index (χ1v) is 7.26. The molecule has 2 fully saturated rings. The first-order valence-electron chi connectivity index (χ1n) is 6.88. The van der Waals surface area contributed by atoms with Gasteiger partial charge in [0.05, 0.1) is 0 Å². The number of benzene rings is 1. The summed E-state index contributed by atoms with van der Waals surface area (Å²) in [6.07, 6.45) is 5.06. The van der Waals surface area contributed by atoms with Crippen LogP contribution in [0, 0.1) is 11.8 Å². The van der Waals surface area contributed by atoms with Gasteiger partial charge in [-0.25, -0.2) is 0 Å². The maximum atomic E-state index is 11.9. The Labute approximate surface area is 118 Å². The minimum absolute atomic E-state index is 0.0208. The molecule has 19 heavy (non-hydrogen) atoms. The summed E-state index contributed by atoms with van der Waals surface area (Å²) in [6.45, 7) is 0.0789. The molecule has 3 atom stereocenters. The van der Waals surface area contributed by atoms with E-state index in [0.717, 1.165) is 12.3 Å². The molecule has 0 aromatic heterocycles. The van der Waals surface area contributed by atoms with Crippen LogP contribution >= 0.6 is 11.6 Å². The van der Waals surface area contributed by atoms with E-state index >= 15 is 0 Å². The summed E-state index contributed by atoms with van der Waals surface area (Å²) in [6, 6.07) is 7.43. The summed E-state index contributed by atoms with van der Waals surface area (Å²) >= 11 is 5.79. The van der Waals surface area contributed by atoms with Crippen molar-refractivity contribution < 1.29 is 9.53 Å². The maximum Gasteiger partial charge on any atom is 0.258 e. The van der Waals surface area contributed by atoms with Crippen molar-refractivity contribution in [2.75, 3.05) is 6.61 Å². The number of fused-ring (bicyclic) bond motifs is 2. The SMILES string of the molecule is O=C(COc1ccc(Cl)cc1)N[C@H]1C[C@H]2CC[C@H]1C2. The van der Waals surface area contributed by atoms with Crippen LogP contribution in [0.4, 0.5) is 0 Å². The molecule has 3 rings (SSSR count). The second kappa shape index (κ2) is 5.41. The summed E-state index contributed by atoms with van der Waals surface area (Å²) in [4.78, 5) is 11.9. The van der Waals surface area contributed by atoms with E-state index < -0.39 is 0 Å². The van der Waals surface area contributed by atoms with Gasteiger partial charge in [0.1, 0.15) is 5.75 Å². The molecule has 1 aromatic rings. The van der Waals surface area contributed by atoms with Crippen LogP contribution in [-0.2, 0) is 4.79 Å². The Hall–Kier alpha value is -1.22. The lowest BCUT2D eigenvalue weighted by Gasteiger charge is -2.22. The normalized spacial score (nSPS) is 28.4. The van der Waals surface area contributed by atoms with Gasteiger partial charge in [0.15, 0.2) is 6.61 Å². The molecule has 1 aromatic carbocycles. The molecule has 2 bridgehead atoms. The van der Waals surface area contributed by atoms with Gasteiger partial charge in [-0.1, -0.05) is 18.0 Å². The van der Waals surface area contributed by atoms with Gasteiger partial charge in [-0.2, -0.15) is 0 Å². The Morgan fingerprint density at radius 3 is 2.68 bits per heavy atom. The number of hydrogen-bond donors (Lipinski definition) is 1. The number of amides is 1. The molecule has 2 aliphatic carbocycles. The Bertz CT molecular complexity index is 460. The van der Waals surface area contributed by atoms with E-state index in [1.165, 1.54) is 19.3 Å². The quantitative estimate of drug-likeness (QED) is 0.920. The summed E-state index contributed by atoms with van der Waals surface area (Å²) in [5.74, 6) is 2.19. The minimum Gasteiger partial charge on any atom is -0.484 e. The third kappa shape index (κ3) is 3.03. The fourth-order valence-corrected chi connectivity index (χ4v) is 3.48. The predicted octanol–water partition coefficient (Wildman–Crippen LogP) is 3.02. The van der Waals surface area contributed by atoms with E-state index in [-0.39, 0.29) is 12.5 Å². The van der Waals surface area contributed by atoms with Crippen LogP contribution < -0.4 is 10.1 Å². The van der Waals surface area contributed by atoms with E-state index in [1.807, 2.05) is 0 Å². The van der Waals surface area contributed by atoms with Crippen molar-refractivity contribution in [3.05, 3.63) is 29.3 Å². The van der Waals surface area contributed by atoms with E-state index in [4.69, 9.17) is 16.3 Å². The van der Waals surface area contributed by atoms with Gasteiger partial charge in [-0.3, -0.25) is 4.79 Å². The molecule has 0 radical (unpaired) electrons. The van der Waals surface area contributed by atoms with Crippen molar-refractivity contribution in [3.8, 4) is 5.75 Å². The maximum absolute atomic E-state index is 11.9. The monoisotopic (exact) mass is 279 g/mol. The highest BCUT2D eigenvalue weighted by Crippen LogP contribution is 2.44. The summed E-state index contributed by atoms with van der Waals surface area (Å²) in [5.41, 5.74) is 0. The number of carbonyl (C=O) groups excluding carboxylic acids is 1. The fraction of sp³-hybridized carbons (Fsp3) is 0.533. The summed E-state index contributed by atoms with van der Waals surface area (Å²) in [5, 5.41) is 3.77. The van der Waals surface area contributed by atoms with E-state index in [2.05, 4.69) is 5.32 Å². The first-order chi connectivity index (χ1) is 9.20. The van der Waals surface area contributed by atoms with Crippen molar-refractivity contribution in [1.29, 1.82) is 0 Å². The van der Waals surface area contributed by atoms with Gasteiger partial charge in [0.2, 0.25) is 0 Å². The molecule has 0 aliphatic heterocycles. The summed E-state index contributed by atoms with van der Waals surface area (Å²) in [7, 11) is 0. The standard InChI is InChI=1S/C15H18ClNO2/c16-12-3-5-13(6-4-12)19-9-15(18)17-14-8-10-1-2-11(14)7-10/h3-6,10-11,14H,1-2,7-9H2,(H,17,18)/t10-,11-,14-/m0/s1. The van der Waals surface area contributed by atoms with Crippen LogP contribution in [0.25, 0.3) is 0 Å². The Balaban J connectivity index is 1.45. The Morgan fingerprint density at radius 2 is 2.05 bits per heavy atom. The van der Waals surface area contributed by atoms with Gasteiger partial charge in [-0.15, -0.1) is 0 Å². The van der Waals surface area contributed by atoms with Crippen molar-refractivity contribution in [2.24, 2.45) is 11.8 Å². The zero-order valence-corrected chi connectivity index (χ0v) is 11.5. The molecule has 3 nitrogen and oxygen atoms in total. The average molecular weight is 280 g/mol. The van der Waals surface area contributed by atoms with E-state index in [1.54, 1.807) is 24.3 Å². The zero-order chi connectivity index (χ0) is 13.2. The smallest absolute Gasteiger partial charge is 0.258 e. The highest BCUT2D eigenvalue weighted by atomic mass is 35.5. The molecule has 0 saturated heterocycles. The highest BCUT2D eigenvalue weighted by Gasteiger charge is 2.40. The average Bonchev–Trinajstić information content (AvgIpc) is 3.00. The van der Waals surface area contributed by atoms with Gasteiger partial charge >= 0.3 is 0 Å². The second-order valence-corrected chi connectivity index (χ2v) is 6.03. The van der Waals surface area contributed by atoms with Crippen LogP contribution in [0.2, 0.25) is 5.02 Å². The predicted molar refractivity (Wildman–Crippen MR) is 74.3 cm³/mol. The fourth-order valence-electron chi connectivity index (χ4n) is 3.35. The number of rotatable bonds is 4. The molecule has 0 unspecified atom stereocenters. The van der Waals surface area contributed by atoms with Crippen LogP contribution in [0.3, 0.4) is 0 Å². The first kappa shape index (κ1) is 12.8. The lowest BCUT2D eigenvalue weighted by molar-refractivity contribution is -0.124. The van der Waals surface area contributed by atoms with Gasteiger partial charge in [-0.05, 0) is 55.4 Å². The van der Waals surface area contributed by atoms with Crippen LogP contribution in [-0.4, -0.2) is 18.6 Å². The molecule has 102 valence electrons. The number of hydrogen-bond acceptors (Lipinski definition) is 2. The third-order valence-electron chi connectivity index (χ3n) is 4.27. The number of carbonyl (C=O) groups is 1. The molecule has 1 amide bonds. The molecule has 2 aliphatic rings. The minimum atomic E-state index is -0.0208. The van der Waals surface area contributed by atoms with Crippen LogP contribution in [0.1, 0.15) is 25.7 Å². The molecule has 2 saturated carbocycles. The molecule has 1 N–H and O–H groups in total. The molecular weight excluding hydrogens is 262 g/mol. The number of ether oxygens (including phenoxy) is 1. The molecular formula is C15H18ClNO2. The molecule has 4 heteroatoms. The topological polar surface area (TPSA) is 38.3 Å². The van der Waals surface area contributed by atoms with Crippen molar-refractivity contribution in [1.82, 2.24) is 5.32 Å². The van der Waals surface area contributed by atoms with Crippen LogP contribution in [0.5, 0.6) is 5.75 Å². The second-order valence-electron chi connectivity index (χ2n) is 5.59. The molecule has 0 heterocycles. The Morgan fingerprint density at radius 1 is 1.26 bits per heavy atom. The lowest BCUT2D eigenvalue weighted by Crippen LogP contribution is -2.40. The largest absolute Gasteiger partial charge is 0.484 e.